The number of benzene rings is 1. The Morgan fingerprint density at radius 3 is 1.88 bits per heavy atom. The van der Waals surface area contributed by atoms with Crippen molar-refractivity contribution in [1.82, 2.24) is 0 Å². The number of hydrogen-bond acceptors (Lipinski definition) is 0. The van der Waals surface area contributed by atoms with E-state index in [1.165, 1.54) is 6.07 Å². The van der Waals surface area contributed by atoms with E-state index in [4.69, 9.17) is 0 Å². The smallest absolute Gasteiger partial charge is 0.207 e. The second kappa shape index (κ2) is 5.87. The molecule has 1 rings (SSSR count). The molecule has 0 fully saturated rings. The minimum absolute atomic E-state index is 0.114. The van der Waals surface area contributed by atoms with E-state index in [-0.39, 0.29) is 5.92 Å². The molecule has 0 spiro atoms. The first-order chi connectivity index (χ1) is 7.32. The van der Waals surface area contributed by atoms with E-state index < -0.39 is 17.6 Å². The minimum atomic E-state index is -4.48. The van der Waals surface area contributed by atoms with Crippen LogP contribution in [-0.4, -0.2) is 0 Å². The van der Waals surface area contributed by atoms with Crippen LogP contribution < -0.4 is 0 Å². The van der Waals surface area contributed by atoms with E-state index >= 15 is 0 Å². The molecule has 0 unspecified atom stereocenters. The van der Waals surface area contributed by atoms with Crippen molar-refractivity contribution in [2.24, 2.45) is 0 Å². The Morgan fingerprint density at radius 1 is 1.06 bits per heavy atom. The molecule has 0 radical (unpaired) electrons. The van der Waals surface area contributed by atoms with Gasteiger partial charge in [-0.05, 0) is 23.6 Å². The molecule has 0 bridgehead atoms. The third-order valence-electron chi connectivity index (χ3n) is 1.95. The van der Waals surface area contributed by atoms with Gasteiger partial charge in [0.25, 0.3) is 0 Å². The number of hydrogen-bond donors (Lipinski definition) is 0. The molecule has 0 amide bonds. The van der Waals surface area contributed by atoms with E-state index in [2.05, 4.69) is 0 Å². The summed E-state index contributed by atoms with van der Waals surface area (Å²) in [6.45, 7) is 7.46. The average molecular weight is 236 g/mol. The number of rotatable bonds is 1. The van der Waals surface area contributed by atoms with Gasteiger partial charge in [-0.15, -0.1) is 0 Å². The fourth-order valence-electron chi connectivity index (χ4n) is 1.17. The first kappa shape index (κ1) is 14.9. The molecule has 0 saturated heterocycles. The van der Waals surface area contributed by atoms with Crippen molar-refractivity contribution in [3.8, 4) is 0 Å². The second-order valence-electron chi connectivity index (χ2n) is 3.39. The minimum Gasteiger partial charge on any atom is -0.207 e. The van der Waals surface area contributed by atoms with Gasteiger partial charge in [0, 0.05) is 0 Å². The van der Waals surface area contributed by atoms with E-state index in [0.717, 1.165) is 6.07 Å². The zero-order valence-electron chi connectivity index (χ0n) is 9.82. The van der Waals surface area contributed by atoms with Crippen molar-refractivity contribution in [2.75, 3.05) is 0 Å². The summed E-state index contributed by atoms with van der Waals surface area (Å²) in [7, 11) is 0. The summed E-state index contributed by atoms with van der Waals surface area (Å²) >= 11 is 0. The summed E-state index contributed by atoms with van der Waals surface area (Å²) in [4.78, 5) is 0. The Balaban J connectivity index is 0.00000106. The molecule has 0 saturated carbocycles. The molecule has 0 atom stereocenters. The third kappa shape index (κ3) is 3.83. The lowest BCUT2D eigenvalue weighted by Crippen LogP contribution is -2.06. The highest BCUT2D eigenvalue weighted by molar-refractivity contribution is 5.28. The van der Waals surface area contributed by atoms with Crippen molar-refractivity contribution in [2.45, 2.75) is 39.8 Å². The van der Waals surface area contributed by atoms with Crippen LogP contribution in [0.5, 0.6) is 0 Å². The number of alkyl halides is 3. The summed E-state index contributed by atoms with van der Waals surface area (Å²) in [5.74, 6) is -0.910. The molecular weight excluding hydrogens is 220 g/mol. The molecule has 92 valence electrons. The summed E-state index contributed by atoms with van der Waals surface area (Å²) in [6, 6.07) is 2.62. The van der Waals surface area contributed by atoms with Gasteiger partial charge in [0.1, 0.15) is 5.82 Å². The maximum Gasteiger partial charge on any atom is 0.416 e. The van der Waals surface area contributed by atoms with Crippen LogP contribution in [-0.2, 0) is 6.18 Å². The zero-order valence-corrected chi connectivity index (χ0v) is 9.82. The Kier molecular flexibility index (Phi) is 5.48. The second-order valence-corrected chi connectivity index (χ2v) is 3.39. The van der Waals surface area contributed by atoms with Gasteiger partial charge >= 0.3 is 6.18 Å². The Labute approximate surface area is 93.3 Å². The van der Waals surface area contributed by atoms with Gasteiger partial charge in [-0.2, -0.15) is 13.2 Å². The molecule has 0 aliphatic heterocycles. The van der Waals surface area contributed by atoms with Gasteiger partial charge in [0.15, 0.2) is 0 Å². The van der Waals surface area contributed by atoms with Gasteiger partial charge in [-0.1, -0.05) is 33.8 Å². The molecular formula is C12H16F4. The normalized spacial score (nSPS) is 11.1. The standard InChI is InChI=1S/C10H10F4.C2H6/c1-6(2)8-4-3-7(5-9(8)11)10(12,13)14;1-2/h3-6H,1-2H3;1-2H3. The third-order valence-corrected chi connectivity index (χ3v) is 1.95. The Hall–Kier alpha value is -1.06. The fraction of sp³-hybridized carbons (Fsp3) is 0.500. The summed E-state index contributed by atoms with van der Waals surface area (Å²) in [6.07, 6.45) is -4.48. The lowest BCUT2D eigenvalue weighted by atomic mass is 10.0. The Bertz CT molecular complexity index is 326. The molecule has 0 aliphatic rings. The molecule has 0 heterocycles. The molecule has 4 heteroatoms. The van der Waals surface area contributed by atoms with Gasteiger partial charge in [0.2, 0.25) is 0 Å². The van der Waals surface area contributed by atoms with Crippen molar-refractivity contribution in [3.05, 3.63) is 35.1 Å². The summed E-state index contributed by atoms with van der Waals surface area (Å²) in [5.41, 5.74) is -0.641. The molecule has 1 aromatic rings. The van der Waals surface area contributed by atoms with Gasteiger partial charge in [0.05, 0.1) is 5.56 Å². The van der Waals surface area contributed by atoms with Gasteiger partial charge in [-0.25, -0.2) is 4.39 Å². The largest absolute Gasteiger partial charge is 0.416 e. The van der Waals surface area contributed by atoms with Crippen LogP contribution in [0.4, 0.5) is 17.6 Å². The Morgan fingerprint density at radius 2 is 1.56 bits per heavy atom. The van der Waals surface area contributed by atoms with E-state index in [1.807, 2.05) is 13.8 Å². The predicted octanol–water partition coefficient (Wildman–Crippen LogP) is 4.99. The SMILES string of the molecule is CC.CC(C)c1ccc(C(F)(F)F)cc1F. The van der Waals surface area contributed by atoms with Crippen LogP contribution in [0.15, 0.2) is 18.2 Å². The quantitative estimate of drug-likeness (QED) is 0.602. The molecule has 0 aliphatic carbocycles. The van der Waals surface area contributed by atoms with Crippen molar-refractivity contribution in [1.29, 1.82) is 0 Å². The highest BCUT2D eigenvalue weighted by Gasteiger charge is 2.31. The highest BCUT2D eigenvalue weighted by atomic mass is 19.4. The van der Waals surface area contributed by atoms with E-state index in [0.29, 0.717) is 11.6 Å². The van der Waals surface area contributed by atoms with Crippen LogP contribution in [0.2, 0.25) is 0 Å². The highest BCUT2D eigenvalue weighted by Crippen LogP contribution is 2.31. The molecule has 1 aromatic carbocycles. The van der Waals surface area contributed by atoms with Crippen molar-refractivity contribution < 1.29 is 17.6 Å². The van der Waals surface area contributed by atoms with Gasteiger partial charge in [-0.3, -0.25) is 0 Å². The lowest BCUT2D eigenvalue weighted by molar-refractivity contribution is -0.137. The first-order valence-corrected chi connectivity index (χ1v) is 5.19. The van der Waals surface area contributed by atoms with Crippen LogP contribution in [0, 0.1) is 5.82 Å². The molecule has 0 nitrogen and oxygen atoms in total. The van der Waals surface area contributed by atoms with Crippen LogP contribution in [0.25, 0.3) is 0 Å². The van der Waals surface area contributed by atoms with E-state index in [1.54, 1.807) is 13.8 Å². The first-order valence-electron chi connectivity index (χ1n) is 5.19. The average Bonchev–Trinajstić information content (AvgIpc) is 2.18. The topological polar surface area (TPSA) is 0 Å². The summed E-state index contributed by atoms with van der Waals surface area (Å²) < 4.78 is 49.5. The molecule has 0 N–H and O–H groups in total. The number of halogens is 4. The monoisotopic (exact) mass is 236 g/mol. The van der Waals surface area contributed by atoms with Crippen LogP contribution in [0.1, 0.15) is 44.7 Å². The summed E-state index contributed by atoms with van der Waals surface area (Å²) in [5, 5.41) is 0. The molecule has 0 aromatic heterocycles. The fourth-order valence-corrected chi connectivity index (χ4v) is 1.17. The zero-order chi connectivity index (χ0) is 12.9. The van der Waals surface area contributed by atoms with Gasteiger partial charge < -0.3 is 0 Å². The van der Waals surface area contributed by atoms with Crippen LogP contribution in [0.3, 0.4) is 0 Å². The van der Waals surface area contributed by atoms with Crippen molar-refractivity contribution >= 4 is 0 Å². The maximum absolute atomic E-state index is 13.1. The predicted molar refractivity (Wildman–Crippen MR) is 56.8 cm³/mol. The van der Waals surface area contributed by atoms with Crippen molar-refractivity contribution in [3.63, 3.8) is 0 Å². The lowest BCUT2D eigenvalue weighted by Gasteiger charge is -2.10. The van der Waals surface area contributed by atoms with E-state index in [9.17, 15) is 17.6 Å². The molecule has 16 heavy (non-hydrogen) atoms. The van der Waals surface area contributed by atoms with Crippen LogP contribution >= 0.6 is 0 Å². The maximum atomic E-state index is 13.1.